The van der Waals surface area contributed by atoms with Gasteiger partial charge < -0.3 is 25.8 Å². The van der Waals surface area contributed by atoms with Crippen LogP contribution >= 0.6 is 11.3 Å². The standard InChI is InChI=1S/C34H43N9O4S/c1-20(2)14-26-33-40-28(19-48-33)32(46)39-25(15-23-10-7-6-8-11-23)31-36-22(5)41-43(31)18-30(45)38-27(21(3)4)16-42(17-29(44)37-26)34(47)24-12-9-13-35-24/h6-13,19-21,25-27,35H,14-18H2,1-5H3,(H,37,44)(H,38,45)(H,39,46)/t25-,26-,27+/m0/s1. The van der Waals surface area contributed by atoms with Gasteiger partial charge in [0, 0.05) is 24.2 Å². The minimum Gasteiger partial charge on any atom is -0.357 e. The Balaban J connectivity index is 1.55. The molecule has 3 aromatic heterocycles. The first-order valence-corrected chi connectivity index (χ1v) is 17.1. The second-order valence-electron chi connectivity index (χ2n) is 12.9. The first-order chi connectivity index (χ1) is 23.0. The Hall–Kier alpha value is -4.85. The van der Waals surface area contributed by atoms with E-state index in [1.54, 1.807) is 30.6 Å². The van der Waals surface area contributed by atoms with Crippen molar-refractivity contribution in [1.29, 1.82) is 0 Å². The molecule has 0 saturated carbocycles. The van der Waals surface area contributed by atoms with Crippen LogP contribution in [0.5, 0.6) is 0 Å². The van der Waals surface area contributed by atoms with Crippen LogP contribution in [0.2, 0.25) is 0 Å². The number of benzene rings is 1. The van der Waals surface area contributed by atoms with Crippen molar-refractivity contribution < 1.29 is 19.2 Å². The van der Waals surface area contributed by atoms with E-state index < -0.39 is 24.0 Å². The zero-order valence-corrected chi connectivity index (χ0v) is 28.7. The normalized spacial score (nSPS) is 19.7. The highest BCUT2D eigenvalue weighted by atomic mass is 32.1. The highest BCUT2D eigenvalue weighted by Crippen LogP contribution is 2.26. The summed E-state index contributed by atoms with van der Waals surface area (Å²) < 4.78 is 1.51. The lowest BCUT2D eigenvalue weighted by Crippen LogP contribution is -2.51. The van der Waals surface area contributed by atoms with Crippen LogP contribution < -0.4 is 16.0 Å². The van der Waals surface area contributed by atoms with Gasteiger partial charge in [0.25, 0.3) is 11.8 Å². The maximum atomic E-state index is 13.7. The van der Waals surface area contributed by atoms with Crippen LogP contribution in [0.4, 0.5) is 0 Å². The smallest absolute Gasteiger partial charge is 0.271 e. The molecule has 48 heavy (non-hydrogen) atoms. The number of amides is 4. The summed E-state index contributed by atoms with van der Waals surface area (Å²) in [5.41, 5.74) is 1.51. The second-order valence-corrected chi connectivity index (χ2v) is 13.8. The first-order valence-electron chi connectivity index (χ1n) is 16.2. The van der Waals surface area contributed by atoms with Gasteiger partial charge >= 0.3 is 0 Å². The van der Waals surface area contributed by atoms with Gasteiger partial charge in [-0.3, -0.25) is 19.2 Å². The maximum Gasteiger partial charge on any atom is 0.271 e. The predicted octanol–water partition coefficient (Wildman–Crippen LogP) is 3.59. The number of aryl methyl sites for hydroxylation is 1. The molecule has 0 aliphatic carbocycles. The summed E-state index contributed by atoms with van der Waals surface area (Å²) in [7, 11) is 0. The molecule has 5 rings (SSSR count). The highest BCUT2D eigenvalue weighted by molar-refractivity contribution is 7.09. The van der Waals surface area contributed by atoms with Gasteiger partial charge in [0.1, 0.15) is 28.8 Å². The third kappa shape index (κ3) is 8.73. The number of H-pyrrole nitrogens is 1. The molecule has 4 N–H and O–H groups in total. The van der Waals surface area contributed by atoms with Crippen LogP contribution in [-0.2, 0) is 22.6 Å². The van der Waals surface area contributed by atoms with Gasteiger partial charge in [0.15, 0.2) is 5.82 Å². The molecule has 0 radical (unpaired) electrons. The van der Waals surface area contributed by atoms with Crippen LogP contribution in [-0.4, -0.2) is 72.4 Å². The molecule has 4 heterocycles. The molecule has 2 bridgehead atoms. The van der Waals surface area contributed by atoms with Gasteiger partial charge in [0.05, 0.1) is 18.6 Å². The largest absolute Gasteiger partial charge is 0.357 e. The van der Waals surface area contributed by atoms with Gasteiger partial charge in [0.2, 0.25) is 11.8 Å². The molecule has 3 atom stereocenters. The number of aromatic nitrogens is 5. The number of fused-ring (bicyclic) bond motifs is 3. The van der Waals surface area contributed by atoms with Crippen molar-refractivity contribution in [3.05, 3.63) is 87.6 Å². The minimum atomic E-state index is -0.626. The quantitative estimate of drug-likeness (QED) is 0.243. The summed E-state index contributed by atoms with van der Waals surface area (Å²) in [5, 5.41) is 16.0. The number of carbonyl (C=O) groups excluding carboxylic acids is 4. The van der Waals surface area contributed by atoms with Crippen LogP contribution in [0.15, 0.2) is 54.0 Å². The number of nitrogens with one attached hydrogen (secondary N) is 4. The van der Waals surface area contributed by atoms with Crippen molar-refractivity contribution in [2.24, 2.45) is 11.8 Å². The highest BCUT2D eigenvalue weighted by Gasteiger charge is 2.30. The first kappa shape index (κ1) is 34.5. The van der Waals surface area contributed by atoms with E-state index in [0.29, 0.717) is 35.2 Å². The molecule has 1 aromatic carbocycles. The zero-order chi connectivity index (χ0) is 34.4. The maximum absolute atomic E-state index is 13.7. The van der Waals surface area contributed by atoms with Gasteiger partial charge in [-0.05, 0) is 49.3 Å². The van der Waals surface area contributed by atoms with E-state index in [9.17, 15) is 19.2 Å². The summed E-state index contributed by atoms with van der Waals surface area (Å²) >= 11 is 1.30. The van der Waals surface area contributed by atoms with E-state index in [4.69, 9.17) is 0 Å². The molecule has 13 nitrogen and oxygen atoms in total. The molecule has 4 amide bonds. The molecule has 4 aromatic rings. The van der Waals surface area contributed by atoms with E-state index in [0.717, 1.165) is 5.56 Å². The van der Waals surface area contributed by atoms with E-state index in [1.165, 1.54) is 20.9 Å². The van der Waals surface area contributed by atoms with E-state index in [1.807, 2.05) is 58.0 Å². The van der Waals surface area contributed by atoms with E-state index in [-0.39, 0.29) is 54.9 Å². The van der Waals surface area contributed by atoms with Crippen molar-refractivity contribution in [1.82, 2.24) is 45.6 Å². The Morgan fingerprint density at radius 3 is 2.38 bits per heavy atom. The third-order valence-electron chi connectivity index (χ3n) is 8.11. The van der Waals surface area contributed by atoms with E-state index >= 15 is 0 Å². The monoisotopic (exact) mass is 673 g/mol. The van der Waals surface area contributed by atoms with Gasteiger partial charge in [-0.15, -0.1) is 11.3 Å². The summed E-state index contributed by atoms with van der Waals surface area (Å²) in [5.74, 6) is -0.472. The third-order valence-corrected chi connectivity index (χ3v) is 9.07. The Kier molecular flexibility index (Phi) is 11.0. The number of carbonyl (C=O) groups is 4. The summed E-state index contributed by atoms with van der Waals surface area (Å²) in [6, 6.07) is 11.5. The second kappa shape index (κ2) is 15.4. The molecule has 1 aliphatic heterocycles. The number of nitrogens with zero attached hydrogens (tertiary/aromatic N) is 5. The zero-order valence-electron chi connectivity index (χ0n) is 27.9. The average Bonchev–Trinajstić information content (AvgIpc) is 3.81. The molecular formula is C34H43N9O4S. The van der Waals surface area contributed by atoms with Gasteiger partial charge in [-0.25, -0.2) is 14.6 Å². The fourth-order valence-corrected chi connectivity index (χ4v) is 6.56. The lowest BCUT2D eigenvalue weighted by atomic mass is 10.0. The number of hydrogen-bond donors (Lipinski definition) is 4. The Morgan fingerprint density at radius 2 is 1.69 bits per heavy atom. The number of aromatic amines is 1. The predicted molar refractivity (Wildman–Crippen MR) is 181 cm³/mol. The number of hydrogen-bond acceptors (Lipinski definition) is 8. The lowest BCUT2D eigenvalue weighted by molar-refractivity contribution is -0.123. The molecule has 1 aliphatic rings. The topological polar surface area (TPSA) is 167 Å². The Morgan fingerprint density at radius 1 is 0.938 bits per heavy atom. The van der Waals surface area contributed by atoms with Crippen LogP contribution in [0.1, 0.15) is 89.4 Å². The molecule has 0 fully saturated rings. The Labute approximate surface area is 283 Å². The summed E-state index contributed by atoms with van der Waals surface area (Å²) in [4.78, 5) is 68.3. The van der Waals surface area contributed by atoms with Crippen molar-refractivity contribution in [3.8, 4) is 0 Å². The molecule has 0 saturated heterocycles. The molecule has 254 valence electrons. The summed E-state index contributed by atoms with van der Waals surface area (Å²) in [6.07, 6.45) is 2.63. The Bertz CT molecular complexity index is 1710. The van der Waals surface area contributed by atoms with Crippen molar-refractivity contribution in [2.75, 3.05) is 13.1 Å². The summed E-state index contributed by atoms with van der Waals surface area (Å²) in [6.45, 7) is 9.42. The molecular weight excluding hydrogens is 630 g/mol. The van der Waals surface area contributed by atoms with Crippen molar-refractivity contribution in [3.63, 3.8) is 0 Å². The van der Waals surface area contributed by atoms with Crippen molar-refractivity contribution >= 4 is 35.0 Å². The SMILES string of the molecule is Cc1nc2n(n1)CC(=O)N[C@@H](C(C)C)CN(C(=O)c1ccc[nH]1)CC(=O)N[C@@H](CC(C)C)c1nc(cs1)C(=O)N[C@H]2Cc1ccccc1. The fourth-order valence-electron chi connectivity index (χ4n) is 5.69. The van der Waals surface area contributed by atoms with Gasteiger partial charge in [-0.2, -0.15) is 5.10 Å². The minimum absolute atomic E-state index is 0.0777. The van der Waals surface area contributed by atoms with Crippen LogP contribution in [0.3, 0.4) is 0 Å². The lowest BCUT2D eigenvalue weighted by Gasteiger charge is -2.30. The molecule has 0 unspecified atom stereocenters. The van der Waals surface area contributed by atoms with Crippen LogP contribution in [0.25, 0.3) is 0 Å². The van der Waals surface area contributed by atoms with E-state index in [2.05, 4.69) is 36.0 Å². The molecule has 0 spiro atoms. The molecule has 14 heteroatoms. The van der Waals surface area contributed by atoms with Crippen molar-refractivity contribution in [2.45, 2.75) is 72.1 Å². The average molecular weight is 674 g/mol. The number of thiazole rings is 1. The number of rotatable bonds is 6. The van der Waals surface area contributed by atoms with Gasteiger partial charge in [-0.1, -0.05) is 58.0 Å². The van der Waals surface area contributed by atoms with Crippen LogP contribution in [0, 0.1) is 18.8 Å². The fraction of sp³-hybridized carbons (Fsp3) is 0.441.